The van der Waals surface area contributed by atoms with Crippen molar-refractivity contribution >= 4 is 64.9 Å². The Morgan fingerprint density at radius 1 is 0.560 bits per heavy atom. The minimum atomic E-state index is 0.367. The predicted molar refractivity (Wildman–Crippen MR) is 213 cm³/mol. The molecule has 10 aromatic rings. The van der Waals surface area contributed by atoms with E-state index in [1.54, 1.807) is 0 Å². The third-order valence-corrected chi connectivity index (χ3v) is 12.1. The van der Waals surface area contributed by atoms with Gasteiger partial charge in [-0.05, 0) is 76.4 Å². The van der Waals surface area contributed by atoms with Crippen LogP contribution >= 0.6 is 11.3 Å². The average molecular weight is 657 g/mol. The third kappa shape index (κ3) is 3.84. The Bertz CT molecular complexity index is 2970. The highest BCUT2D eigenvalue weighted by Gasteiger charge is 2.33. The maximum atomic E-state index is 2.58. The number of nitrogens with zero attached hydrogens (tertiary/aromatic N) is 2. The summed E-state index contributed by atoms with van der Waals surface area (Å²) in [6.07, 6.45) is 1.01. The van der Waals surface area contributed by atoms with E-state index in [1.807, 2.05) is 11.3 Å². The van der Waals surface area contributed by atoms with E-state index >= 15 is 0 Å². The number of fused-ring (bicyclic) bond motifs is 12. The lowest BCUT2D eigenvalue weighted by atomic mass is 9.84. The van der Waals surface area contributed by atoms with Gasteiger partial charge in [0.1, 0.15) is 0 Å². The molecule has 11 rings (SSSR count). The number of aromatic nitrogens is 2. The Kier molecular flexibility index (Phi) is 5.90. The lowest BCUT2D eigenvalue weighted by molar-refractivity contribution is 0.759. The van der Waals surface area contributed by atoms with Gasteiger partial charge in [-0.3, -0.25) is 0 Å². The Balaban J connectivity index is 1.26. The molecule has 1 aliphatic rings. The van der Waals surface area contributed by atoms with Gasteiger partial charge in [0.2, 0.25) is 0 Å². The van der Waals surface area contributed by atoms with Gasteiger partial charge in [0.15, 0.2) is 0 Å². The number of hydrogen-bond acceptors (Lipinski definition) is 1. The minimum Gasteiger partial charge on any atom is -0.309 e. The van der Waals surface area contributed by atoms with Crippen LogP contribution in [0.5, 0.6) is 0 Å². The van der Waals surface area contributed by atoms with Gasteiger partial charge in [-0.1, -0.05) is 128 Å². The molecule has 1 aliphatic carbocycles. The topological polar surface area (TPSA) is 9.86 Å². The van der Waals surface area contributed by atoms with Crippen LogP contribution in [-0.2, 0) is 6.42 Å². The minimum absolute atomic E-state index is 0.367. The largest absolute Gasteiger partial charge is 0.309 e. The molecule has 0 bridgehead atoms. The second-order valence-corrected chi connectivity index (χ2v) is 14.8. The van der Waals surface area contributed by atoms with Crippen LogP contribution in [0.15, 0.2) is 158 Å². The molecule has 0 fully saturated rings. The molecule has 7 aromatic carbocycles. The van der Waals surface area contributed by atoms with Crippen molar-refractivity contribution in [1.29, 1.82) is 0 Å². The summed E-state index contributed by atoms with van der Waals surface area (Å²) in [5, 5.41) is 7.91. The molecular weight excluding hydrogens is 625 g/mol. The van der Waals surface area contributed by atoms with Gasteiger partial charge in [-0.25, -0.2) is 0 Å². The van der Waals surface area contributed by atoms with Gasteiger partial charge in [-0.15, -0.1) is 11.3 Å². The lowest BCUT2D eigenvalue weighted by Crippen LogP contribution is -2.09. The molecule has 50 heavy (non-hydrogen) atoms. The van der Waals surface area contributed by atoms with E-state index in [0.29, 0.717) is 5.92 Å². The number of rotatable bonds is 3. The summed E-state index contributed by atoms with van der Waals surface area (Å²) in [7, 11) is 0. The van der Waals surface area contributed by atoms with E-state index in [0.717, 1.165) is 6.42 Å². The van der Waals surface area contributed by atoms with Crippen LogP contribution in [0, 0.1) is 0 Å². The van der Waals surface area contributed by atoms with Crippen LogP contribution in [0.25, 0.3) is 86.6 Å². The molecule has 0 radical (unpaired) electrons. The highest BCUT2D eigenvalue weighted by atomic mass is 32.1. The molecule has 0 saturated heterocycles. The highest BCUT2D eigenvalue weighted by molar-refractivity contribution is 7.22. The number of benzene rings is 7. The van der Waals surface area contributed by atoms with Gasteiger partial charge < -0.3 is 9.13 Å². The first kappa shape index (κ1) is 28.0. The molecule has 0 aliphatic heterocycles. The lowest BCUT2D eigenvalue weighted by Gasteiger charge is -2.23. The molecule has 2 nitrogen and oxygen atoms in total. The van der Waals surface area contributed by atoms with Crippen molar-refractivity contribution in [1.82, 2.24) is 9.13 Å². The van der Waals surface area contributed by atoms with Crippen LogP contribution in [0.2, 0.25) is 0 Å². The Hall–Kier alpha value is -5.90. The first-order valence-corrected chi connectivity index (χ1v) is 18.3. The van der Waals surface area contributed by atoms with E-state index < -0.39 is 0 Å². The number of hydrogen-bond donors (Lipinski definition) is 0. The van der Waals surface area contributed by atoms with E-state index in [9.17, 15) is 0 Å². The molecule has 0 saturated carbocycles. The molecule has 3 heteroatoms. The van der Waals surface area contributed by atoms with E-state index in [2.05, 4.69) is 174 Å². The van der Waals surface area contributed by atoms with Gasteiger partial charge in [0.05, 0.1) is 32.8 Å². The maximum absolute atomic E-state index is 2.58. The van der Waals surface area contributed by atoms with Crippen molar-refractivity contribution in [2.75, 3.05) is 0 Å². The summed E-state index contributed by atoms with van der Waals surface area (Å²) in [5.74, 6) is 0.367. The predicted octanol–water partition coefficient (Wildman–Crippen LogP) is 13.1. The molecule has 1 unspecified atom stereocenters. The fourth-order valence-electron chi connectivity index (χ4n) is 8.86. The van der Waals surface area contributed by atoms with Crippen molar-refractivity contribution in [2.24, 2.45) is 0 Å². The van der Waals surface area contributed by atoms with Crippen molar-refractivity contribution < 1.29 is 0 Å². The van der Waals surface area contributed by atoms with E-state index in [1.165, 1.54) is 97.8 Å². The number of para-hydroxylation sites is 2. The standard InChI is InChI=1S/C47H32N2S/c1-29-27-38-44-42(50-47(38)46-43(29)37-21-8-10-23-41(37)49(46)39-24-12-16-31-15-5-6-19-34(31)39)26-25-36-35-20-7-9-22-40(35)48(45(36)44)33-18-11-17-32(28-33)30-13-3-2-4-14-30/h2-26,28-29H,27H2,1H3. The SMILES string of the molecule is CC1Cc2c(sc3ccc4c5ccccc5n(-c5cccc(-c6ccccc6)c5)c4c23)-c2c1c1ccccc1n2-c1cccc2ccccc12. The summed E-state index contributed by atoms with van der Waals surface area (Å²) in [6.45, 7) is 2.43. The summed E-state index contributed by atoms with van der Waals surface area (Å²) in [5.41, 5.74) is 13.0. The zero-order chi connectivity index (χ0) is 32.9. The van der Waals surface area contributed by atoms with Crippen LogP contribution in [0.4, 0.5) is 0 Å². The van der Waals surface area contributed by atoms with Gasteiger partial charge in [-0.2, -0.15) is 0 Å². The molecule has 3 aromatic heterocycles. The molecule has 0 N–H and O–H groups in total. The van der Waals surface area contributed by atoms with Crippen molar-refractivity contribution in [3.05, 3.63) is 169 Å². The molecule has 3 heterocycles. The first-order chi connectivity index (χ1) is 24.7. The van der Waals surface area contributed by atoms with Crippen LogP contribution in [0.1, 0.15) is 24.0 Å². The Labute approximate surface area is 294 Å². The fourth-order valence-corrected chi connectivity index (χ4v) is 10.1. The molecule has 1 atom stereocenters. The summed E-state index contributed by atoms with van der Waals surface area (Å²) in [6, 6.07) is 58.1. The maximum Gasteiger partial charge on any atom is 0.0679 e. The smallest absolute Gasteiger partial charge is 0.0679 e. The van der Waals surface area contributed by atoms with Gasteiger partial charge >= 0.3 is 0 Å². The quantitative estimate of drug-likeness (QED) is 0.179. The second kappa shape index (κ2) is 10.5. The second-order valence-electron chi connectivity index (χ2n) is 13.7. The molecule has 0 amide bonds. The monoisotopic (exact) mass is 656 g/mol. The summed E-state index contributed by atoms with van der Waals surface area (Å²) in [4.78, 5) is 1.40. The Morgan fingerprint density at radius 2 is 1.24 bits per heavy atom. The first-order valence-electron chi connectivity index (χ1n) is 17.5. The fraction of sp³-hybridized carbons (Fsp3) is 0.0638. The molecule has 0 spiro atoms. The third-order valence-electron chi connectivity index (χ3n) is 10.9. The molecule has 236 valence electrons. The van der Waals surface area contributed by atoms with Gasteiger partial charge in [0.25, 0.3) is 0 Å². The normalized spacial score (nSPS) is 14.2. The van der Waals surface area contributed by atoms with Crippen molar-refractivity contribution in [2.45, 2.75) is 19.3 Å². The zero-order valence-corrected chi connectivity index (χ0v) is 28.4. The van der Waals surface area contributed by atoms with Crippen LogP contribution in [-0.4, -0.2) is 9.13 Å². The average Bonchev–Trinajstić information content (AvgIpc) is 3.83. The zero-order valence-electron chi connectivity index (χ0n) is 27.6. The number of thiophene rings is 1. The van der Waals surface area contributed by atoms with E-state index in [-0.39, 0.29) is 0 Å². The van der Waals surface area contributed by atoms with Crippen molar-refractivity contribution in [3.8, 4) is 33.1 Å². The molecular formula is C47H32N2S. The van der Waals surface area contributed by atoms with E-state index in [4.69, 9.17) is 0 Å². The van der Waals surface area contributed by atoms with Crippen molar-refractivity contribution in [3.63, 3.8) is 0 Å². The summed E-state index contributed by atoms with van der Waals surface area (Å²) >= 11 is 1.97. The van der Waals surface area contributed by atoms with Crippen LogP contribution in [0.3, 0.4) is 0 Å². The highest BCUT2D eigenvalue weighted by Crippen LogP contribution is 2.54. The summed E-state index contributed by atoms with van der Waals surface area (Å²) < 4.78 is 6.46. The van der Waals surface area contributed by atoms with Gasteiger partial charge in [0, 0.05) is 37.3 Å². The Morgan fingerprint density at radius 3 is 2.10 bits per heavy atom. The van der Waals surface area contributed by atoms with Crippen LogP contribution < -0.4 is 0 Å².